The van der Waals surface area contributed by atoms with E-state index in [9.17, 15) is 5.11 Å². The molecule has 1 saturated carbocycles. The van der Waals surface area contributed by atoms with Gasteiger partial charge in [-0.1, -0.05) is 6.08 Å². The summed E-state index contributed by atoms with van der Waals surface area (Å²) in [5, 5.41) is 10.7. The monoisotopic (exact) mass is 243 g/mol. The first-order chi connectivity index (χ1) is 7.68. The second-order valence-corrected chi connectivity index (χ2v) is 5.82. The van der Waals surface area contributed by atoms with E-state index in [-0.39, 0.29) is 12.1 Å². The zero-order chi connectivity index (χ0) is 11.5. The van der Waals surface area contributed by atoms with Gasteiger partial charge in [0.2, 0.25) is 0 Å². The van der Waals surface area contributed by atoms with Crippen LogP contribution in [-0.4, -0.2) is 22.6 Å². The van der Waals surface area contributed by atoms with Crippen molar-refractivity contribution in [1.29, 1.82) is 0 Å². The van der Waals surface area contributed by atoms with Crippen molar-refractivity contribution in [3.8, 4) is 0 Å². The molecule has 16 heavy (non-hydrogen) atoms. The topological polar surface area (TPSA) is 46.2 Å². The summed E-state index contributed by atoms with van der Waals surface area (Å²) in [5.74, 6) is 0.380. The van der Waals surface area contributed by atoms with Gasteiger partial charge in [-0.3, -0.25) is 0 Å². The van der Waals surface area contributed by atoms with E-state index in [2.05, 4.69) is 6.08 Å². The predicted molar refractivity (Wildman–Crippen MR) is 67.5 cm³/mol. The molecule has 0 aromatic rings. The molecule has 0 spiro atoms. The van der Waals surface area contributed by atoms with E-state index in [0.717, 1.165) is 50.5 Å². The third kappa shape index (κ3) is 2.79. The highest BCUT2D eigenvalue weighted by atomic mass is 35.5. The standard InChI is InChI=1S/C13H22ClNO/c14-10-7-5-9(6-8-10)13(16)11-3-1-2-4-12(11)15/h3,9-10,12-13,16H,1-2,4-8,15H2. The van der Waals surface area contributed by atoms with Gasteiger partial charge >= 0.3 is 0 Å². The molecule has 2 unspecified atom stereocenters. The van der Waals surface area contributed by atoms with Gasteiger partial charge < -0.3 is 10.8 Å². The first-order valence-electron chi connectivity index (χ1n) is 6.46. The first-order valence-corrected chi connectivity index (χ1v) is 6.90. The molecule has 3 heteroatoms. The van der Waals surface area contributed by atoms with Gasteiger partial charge in [-0.2, -0.15) is 0 Å². The normalized spacial score (nSPS) is 37.9. The fraction of sp³-hybridized carbons (Fsp3) is 0.846. The minimum absolute atomic E-state index is 0.0810. The third-order valence-corrected chi connectivity index (χ3v) is 4.45. The van der Waals surface area contributed by atoms with Crippen molar-refractivity contribution < 1.29 is 5.11 Å². The van der Waals surface area contributed by atoms with Crippen LogP contribution in [0.15, 0.2) is 11.6 Å². The van der Waals surface area contributed by atoms with Crippen LogP contribution in [0.3, 0.4) is 0 Å². The van der Waals surface area contributed by atoms with Crippen molar-refractivity contribution in [3.63, 3.8) is 0 Å². The van der Waals surface area contributed by atoms with E-state index in [1.54, 1.807) is 0 Å². The lowest BCUT2D eigenvalue weighted by molar-refractivity contribution is 0.109. The Morgan fingerprint density at radius 3 is 2.56 bits per heavy atom. The third-order valence-electron chi connectivity index (χ3n) is 4.02. The summed E-state index contributed by atoms with van der Waals surface area (Å²) < 4.78 is 0. The Morgan fingerprint density at radius 1 is 1.25 bits per heavy atom. The molecule has 1 fully saturated rings. The van der Waals surface area contributed by atoms with Gasteiger partial charge in [0.1, 0.15) is 0 Å². The number of rotatable bonds is 2. The molecule has 0 radical (unpaired) electrons. The lowest BCUT2D eigenvalue weighted by atomic mass is 9.78. The van der Waals surface area contributed by atoms with Gasteiger partial charge in [0.15, 0.2) is 0 Å². The van der Waals surface area contributed by atoms with Crippen molar-refractivity contribution in [1.82, 2.24) is 0 Å². The average molecular weight is 244 g/mol. The Morgan fingerprint density at radius 2 is 1.94 bits per heavy atom. The largest absolute Gasteiger partial charge is 0.388 e. The Balaban J connectivity index is 1.96. The molecule has 2 atom stereocenters. The Bertz CT molecular complexity index is 259. The maximum absolute atomic E-state index is 10.4. The van der Waals surface area contributed by atoms with Crippen molar-refractivity contribution in [3.05, 3.63) is 11.6 Å². The molecule has 0 heterocycles. The second kappa shape index (κ2) is 5.52. The lowest BCUT2D eigenvalue weighted by Gasteiger charge is -2.33. The predicted octanol–water partition coefficient (Wildman–Crippen LogP) is 2.58. The molecule has 2 aliphatic carbocycles. The molecule has 2 aliphatic rings. The molecule has 0 aliphatic heterocycles. The maximum atomic E-state index is 10.4. The van der Waals surface area contributed by atoms with Gasteiger partial charge in [-0.25, -0.2) is 0 Å². The van der Waals surface area contributed by atoms with Crippen LogP contribution in [0.4, 0.5) is 0 Å². The van der Waals surface area contributed by atoms with Crippen LogP contribution >= 0.6 is 11.6 Å². The highest BCUT2D eigenvalue weighted by molar-refractivity contribution is 6.20. The van der Waals surface area contributed by atoms with E-state index >= 15 is 0 Å². The highest BCUT2D eigenvalue weighted by Gasteiger charge is 2.30. The Hall–Kier alpha value is -0.0500. The van der Waals surface area contributed by atoms with Crippen molar-refractivity contribution >= 4 is 11.6 Å². The summed E-state index contributed by atoms with van der Waals surface area (Å²) in [6.07, 6.45) is 9.24. The van der Waals surface area contributed by atoms with Crippen LogP contribution in [-0.2, 0) is 0 Å². The van der Waals surface area contributed by atoms with Gasteiger partial charge in [0.05, 0.1) is 6.10 Å². The van der Waals surface area contributed by atoms with E-state index < -0.39 is 0 Å². The maximum Gasteiger partial charge on any atom is 0.0793 e. The minimum Gasteiger partial charge on any atom is -0.388 e. The quantitative estimate of drug-likeness (QED) is 0.579. The summed E-state index contributed by atoms with van der Waals surface area (Å²) in [4.78, 5) is 0. The fourth-order valence-electron chi connectivity index (χ4n) is 2.93. The molecular weight excluding hydrogens is 222 g/mol. The number of hydrogen-bond donors (Lipinski definition) is 2. The van der Waals surface area contributed by atoms with Crippen LogP contribution in [0, 0.1) is 5.92 Å². The molecule has 2 rings (SSSR count). The summed E-state index contributed by atoms with van der Waals surface area (Å²) in [6, 6.07) is 0.0810. The van der Waals surface area contributed by atoms with Crippen LogP contribution in [0.25, 0.3) is 0 Å². The van der Waals surface area contributed by atoms with Crippen molar-refractivity contribution in [2.75, 3.05) is 0 Å². The number of hydrogen-bond acceptors (Lipinski definition) is 2. The SMILES string of the molecule is NC1CCCC=C1C(O)C1CCC(Cl)CC1. The molecule has 0 aromatic carbocycles. The Kier molecular flexibility index (Phi) is 4.28. The van der Waals surface area contributed by atoms with Gasteiger partial charge in [0.25, 0.3) is 0 Å². The lowest BCUT2D eigenvalue weighted by Crippen LogP contribution is -2.37. The molecular formula is C13H22ClNO. The molecule has 3 N–H and O–H groups in total. The second-order valence-electron chi connectivity index (χ2n) is 5.20. The van der Waals surface area contributed by atoms with Crippen LogP contribution < -0.4 is 5.73 Å². The molecule has 0 bridgehead atoms. The number of aliphatic hydroxyl groups is 1. The van der Waals surface area contributed by atoms with E-state index in [1.807, 2.05) is 0 Å². The van der Waals surface area contributed by atoms with Crippen molar-refractivity contribution in [2.45, 2.75) is 62.5 Å². The molecule has 92 valence electrons. The van der Waals surface area contributed by atoms with Crippen LogP contribution in [0.2, 0.25) is 0 Å². The van der Waals surface area contributed by atoms with E-state index in [4.69, 9.17) is 17.3 Å². The van der Waals surface area contributed by atoms with E-state index in [1.165, 1.54) is 0 Å². The number of allylic oxidation sites excluding steroid dienone is 1. The van der Waals surface area contributed by atoms with E-state index in [0.29, 0.717) is 11.3 Å². The summed E-state index contributed by atoms with van der Waals surface area (Å²) in [5.41, 5.74) is 7.15. The highest BCUT2D eigenvalue weighted by Crippen LogP contribution is 2.34. The smallest absolute Gasteiger partial charge is 0.0793 e. The molecule has 0 saturated heterocycles. The number of nitrogens with two attached hydrogens (primary N) is 1. The summed E-state index contributed by atoms with van der Waals surface area (Å²) in [6.45, 7) is 0. The van der Waals surface area contributed by atoms with Gasteiger partial charge in [0, 0.05) is 11.4 Å². The minimum atomic E-state index is -0.320. The fourth-order valence-corrected chi connectivity index (χ4v) is 3.18. The van der Waals surface area contributed by atoms with Gasteiger partial charge in [-0.05, 0) is 56.4 Å². The number of alkyl halides is 1. The Labute approximate surface area is 103 Å². The summed E-state index contributed by atoms with van der Waals surface area (Å²) >= 11 is 6.08. The van der Waals surface area contributed by atoms with Crippen LogP contribution in [0.1, 0.15) is 44.9 Å². The summed E-state index contributed by atoms with van der Waals surface area (Å²) in [7, 11) is 0. The number of halogens is 1. The van der Waals surface area contributed by atoms with Gasteiger partial charge in [-0.15, -0.1) is 11.6 Å². The van der Waals surface area contributed by atoms with Crippen molar-refractivity contribution in [2.24, 2.45) is 11.7 Å². The molecule has 0 aromatic heterocycles. The first kappa shape index (κ1) is 12.4. The zero-order valence-corrected chi connectivity index (χ0v) is 10.5. The van der Waals surface area contributed by atoms with Crippen LogP contribution in [0.5, 0.6) is 0 Å². The number of aliphatic hydroxyl groups excluding tert-OH is 1. The molecule has 2 nitrogen and oxygen atoms in total. The zero-order valence-electron chi connectivity index (χ0n) is 9.74. The molecule has 0 amide bonds. The average Bonchev–Trinajstić information content (AvgIpc) is 2.30.